The SMILES string of the molecule is Cc1cc(N=Nc2cc(C(=O)Oc3ccc(F)cc3)cc3ccccc23)cc(C)c1O. The van der Waals surface area contributed by atoms with Crippen LogP contribution in [0.2, 0.25) is 0 Å². The van der Waals surface area contributed by atoms with Crippen molar-refractivity contribution < 1.29 is 19.0 Å². The van der Waals surface area contributed by atoms with Crippen molar-refractivity contribution in [1.82, 2.24) is 0 Å². The van der Waals surface area contributed by atoms with Crippen LogP contribution >= 0.6 is 0 Å². The molecule has 0 aromatic heterocycles. The summed E-state index contributed by atoms with van der Waals surface area (Å²) >= 11 is 0. The molecule has 0 spiro atoms. The third-order valence-electron chi connectivity index (χ3n) is 4.85. The Hall–Kier alpha value is -4.06. The van der Waals surface area contributed by atoms with Crippen molar-refractivity contribution >= 4 is 28.1 Å². The first-order chi connectivity index (χ1) is 14.9. The maximum atomic E-state index is 13.1. The summed E-state index contributed by atoms with van der Waals surface area (Å²) in [7, 11) is 0. The molecule has 0 aliphatic heterocycles. The molecule has 4 aromatic rings. The molecular weight excluding hydrogens is 395 g/mol. The van der Waals surface area contributed by atoms with E-state index in [0.29, 0.717) is 28.1 Å². The van der Waals surface area contributed by atoms with Gasteiger partial charge in [-0.3, -0.25) is 0 Å². The number of hydrogen-bond acceptors (Lipinski definition) is 5. The average molecular weight is 414 g/mol. The summed E-state index contributed by atoms with van der Waals surface area (Å²) < 4.78 is 18.5. The number of benzene rings is 4. The molecule has 0 saturated heterocycles. The van der Waals surface area contributed by atoms with E-state index in [4.69, 9.17) is 4.74 Å². The van der Waals surface area contributed by atoms with Crippen LogP contribution in [0, 0.1) is 19.7 Å². The molecule has 0 saturated carbocycles. The van der Waals surface area contributed by atoms with Gasteiger partial charge in [-0.15, -0.1) is 5.11 Å². The minimum absolute atomic E-state index is 0.231. The first kappa shape index (κ1) is 20.2. The molecule has 0 atom stereocenters. The predicted octanol–water partition coefficient (Wildman–Crippen LogP) is 6.94. The number of ether oxygens (including phenoxy) is 1. The number of hydrogen-bond donors (Lipinski definition) is 1. The number of halogens is 1. The van der Waals surface area contributed by atoms with E-state index in [-0.39, 0.29) is 11.5 Å². The second-order valence-electron chi connectivity index (χ2n) is 7.19. The van der Waals surface area contributed by atoms with Gasteiger partial charge in [0.2, 0.25) is 0 Å². The van der Waals surface area contributed by atoms with E-state index < -0.39 is 11.8 Å². The van der Waals surface area contributed by atoms with E-state index in [1.807, 2.05) is 24.3 Å². The molecule has 0 aliphatic rings. The number of phenolic OH excluding ortho intramolecular Hbond substituents is 1. The zero-order valence-electron chi connectivity index (χ0n) is 17.0. The van der Waals surface area contributed by atoms with Crippen molar-refractivity contribution in [3.63, 3.8) is 0 Å². The van der Waals surface area contributed by atoms with Crippen LogP contribution in [0.3, 0.4) is 0 Å². The van der Waals surface area contributed by atoms with Gasteiger partial charge in [-0.05, 0) is 78.9 Å². The summed E-state index contributed by atoms with van der Waals surface area (Å²) in [4.78, 5) is 12.7. The van der Waals surface area contributed by atoms with E-state index in [9.17, 15) is 14.3 Å². The van der Waals surface area contributed by atoms with Gasteiger partial charge >= 0.3 is 5.97 Å². The smallest absolute Gasteiger partial charge is 0.343 e. The number of azo groups is 1. The summed E-state index contributed by atoms with van der Waals surface area (Å²) in [6.07, 6.45) is 0. The zero-order chi connectivity index (χ0) is 22.0. The number of nitrogens with zero attached hydrogens (tertiary/aromatic N) is 2. The second kappa shape index (κ2) is 8.36. The van der Waals surface area contributed by atoms with Gasteiger partial charge in [0.1, 0.15) is 17.3 Å². The van der Waals surface area contributed by atoms with Crippen molar-refractivity contribution in [3.8, 4) is 11.5 Å². The van der Waals surface area contributed by atoms with E-state index in [1.54, 1.807) is 38.1 Å². The zero-order valence-corrected chi connectivity index (χ0v) is 17.0. The van der Waals surface area contributed by atoms with Crippen molar-refractivity contribution in [2.45, 2.75) is 13.8 Å². The summed E-state index contributed by atoms with van der Waals surface area (Å²) in [6, 6.07) is 19.6. The molecule has 1 N–H and O–H groups in total. The van der Waals surface area contributed by atoms with Gasteiger partial charge in [-0.1, -0.05) is 24.3 Å². The van der Waals surface area contributed by atoms with Gasteiger partial charge in [0.15, 0.2) is 0 Å². The van der Waals surface area contributed by atoms with Crippen molar-refractivity contribution in [2.75, 3.05) is 0 Å². The summed E-state index contributed by atoms with van der Waals surface area (Å²) in [5, 5.41) is 20.3. The maximum Gasteiger partial charge on any atom is 0.343 e. The number of carbonyl (C=O) groups is 1. The van der Waals surface area contributed by atoms with Gasteiger partial charge in [-0.25, -0.2) is 9.18 Å². The van der Waals surface area contributed by atoms with Crippen LogP contribution in [0.4, 0.5) is 15.8 Å². The molecule has 0 aliphatic carbocycles. The molecule has 154 valence electrons. The highest BCUT2D eigenvalue weighted by atomic mass is 19.1. The lowest BCUT2D eigenvalue weighted by molar-refractivity contribution is 0.0734. The van der Waals surface area contributed by atoms with E-state index in [0.717, 1.165) is 10.8 Å². The number of fused-ring (bicyclic) bond motifs is 1. The van der Waals surface area contributed by atoms with Crippen LogP contribution in [0.15, 0.2) is 83.0 Å². The molecule has 0 fully saturated rings. The first-order valence-corrected chi connectivity index (χ1v) is 9.63. The molecule has 4 rings (SSSR count). The lowest BCUT2D eigenvalue weighted by atomic mass is 10.1. The van der Waals surface area contributed by atoms with Gasteiger partial charge in [0.25, 0.3) is 0 Å². The van der Waals surface area contributed by atoms with Crippen molar-refractivity contribution in [2.24, 2.45) is 10.2 Å². The second-order valence-corrected chi connectivity index (χ2v) is 7.19. The molecule has 0 radical (unpaired) electrons. The highest BCUT2D eigenvalue weighted by Gasteiger charge is 2.13. The fraction of sp³-hybridized carbons (Fsp3) is 0.0800. The van der Waals surface area contributed by atoms with Crippen LogP contribution in [0.1, 0.15) is 21.5 Å². The Balaban J connectivity index is 1.71. The standard InChI is InChI=1S/C25H19FN2O3/c1-15-11-20(12-16(2)24(15)29)27-28-23-14-18(13-17-5-3-4-6-22(17)23)25(30)31-21-9-7-19(26)8-10-21/h3-14,29H,1-2H3. The largest absolute Gasteiger partial charge is 0.507 e. The normalized spacial score (nSPS) is 11.2. The number of phenols is 1. The lowest BCUT2D eigenvalue weighted by Crippen LogP contribution is -2.08. The van der Waals surface area contributed by atoms with Crippen LogP contribution < -0.4 is 4.74 Å². The van der Waals surface area contributed by atoms with E-state index >= 15 is 0 Å². The molecule has 0 amide bonds. The minimum atomic E-state index is -0.579. The van der Waals surface area contributed by atoms with Gasteiger partial charge in [0.05, 0.1) is 16.9 Å². The van der Waals surface area contributed by atoms with Crippen LogP contribution in [-0.4, -0.2) is 11.1 Å². The van der Waals surface area contributed by atoms with Gasteiger partial charge < -0.3 is 9.84 Å². The number of rotatable bonds is 4. The van der Waals surface area contributed by atoms with E-state index in [2.05, 4.69) is 10.2 Å². The topological polar surface area (TPSA) is 71.2 Å². The Morgan fingerprint density at radius 2 is 1.58 bits per heavy atom. The molecule has 0 unspecified atom stereocenters. The first-order valence-electron chi connectivity index (χ1n) is 9.63. The highest BCUT2D eigenvalue weighted by Crippen LogP contribution is 2.32. The molecule has 0 heterocycles. The number of aryl methyl sites for hydroxylation is 2. The van der Waals surface area contributed by atoms with Gasteiger partial charge in [0, 0.05) is 5.39 Å². The molecule has 31 heavy (non-hydrogen) atoms. The molecule has 0 bridgehead atoms. The Morgan fingerprint density at radius 3 is 2.29 bits per heavy atom. The molecular formula is C25H19FN2O3. The van der Waals surface area contributed by atoms with E-state index in [1.165, 1.54) is 24.3 Å². The Bertz CT molecular complexity index is 1290. The van der Waals surface area contributed by atoms with Crippen LogP contribution in [-0.2, 0) is 0 Å². The summed E-state index contributed by atoms with van der Waals surface area (Å²) in [5.74, 6) is -0.509. The predicted molar refractivity (Wildman–Crippen MR) is 117 cm³/mol. The third-order valence-corrected chi connectivity index (χ3v) is 4.85. The number of esters is 1. The Morgan fingerprint density at radius 1 is 0.903 bits per heavy atom. The minimum Gasteiger partial charge on any atom is -0.507 e. The summed E-state index contributed by atoms with van der Waals surface area (Å²) in [6.45, 7) is 3.59. The fourth-order valence-electron chi connectivity index (χ4n) is 3.26. The summed E-state index contributed by atoms with van der Waals surface area (Å²) in [5.41, 5.74) is 2.81. The Kier molecular flexibility index (Phi) is 5.45. The Labute approximate surface area is 178 Å². The van der Waals surface area contributed by atoms with Crippen molar-refractivity contribution in [3.05, 3.63) is 95.3 Å². The number of carbonyl (C=O) groups excluding carboxylic acids is 1. The van der Waals surface area contributed by atoms with Crippen LogP contribution in [0.5, 0.6) is 11.5 Å². The fourth-order valence-corrected chi connectivity index (χ4v) is 3.26. The lowest BCUT2D eigenvalue weighted by Gasteiger charge is -2.08. The maximum absolute atomic E-state index is 13.1. The highest BCUT2D eigenvalue weighted by molar-refractivity contribution is 6.01. The molecule has 4 aromatic carbocycles. The van der Waals surface area contributed by atoms with Crippen molar-refractivity contribution in [1.29, 1.82) is 0 Å². The van der Waals surface area contributed by atoms with Gasteiger partial charge in [-0.2, -0.15) is 5.11 Å². The van der Waals surface area contributed by atoms with Crippen LogP contribution in [0.25, 0.3) is 10.8 Å². The monoisotopic (exact) mass is 414 g/mol. The molecule has 6 heteroatoms. The third kappa shape index (κ3) is 4.43. The average Bonchev–Trinajstić information content (AvgIpc) is 2.77. The molecule has 5 nitrogen and oxygen atoms in total. The quantitative estimate of drug-likeness (QED) is 0.223. The number of aromatic hydroxyl groups is 1.